The Hall–Kier alpha value is -4.01. The van der Waals surface area contributed by atoms with Gasteiger partial charge >= 0.3 is 6.18 Å². The van der Waals surface area contributed by atoms with Gasteiger partial charge in [0, 0.05) is 18.0 Å². The monoisotopic (exact) mass is 468 g/mol. The van der Waals surface area contributed by atoms with E-state index >= 15 is 0 Å². The third kappa shape index (κ3) is 4.83. The fourth-order valence-electron chi connectivity index (χ4n) is 3.46. The second-order valence-electron chi connectivity index (χ2n) is 7.83. The minimum atomic E-state index is -4.55. The number of rotatable bonds is 5. The fourth-order valence-corrected chi connectivity index (χ4v) is 3.46. The van der Waals surface area contributed by atoms with Gasteiger partial charge in [-0.05, 0) is 43.2 Å². The molecule has 1 atom stereocenters. The average molecular weight is 468 g/mol. The third-order valence-corrected chi connectivity index (χ3v) is 5.28. The number of hydrogen-bond acceptors (Lipinski definition) is 3. The maximum atomic E-state index is 14.6. The smallest absolute Gasteiger partial charge is 0.345 e. The van der Waals surface area contributed by atoms with Crippen LogP contribution in [-0.2, 0) is 6.18 Å². The zero-order chi connectivity index (χ0) is 24.5. The van der Waals surface area contributed by atoms with E-state index in [0.717, 1.165) is 17.8 Å². The van der Waals surface area contributed by atoms with Gasteiger partial charge in [-0.1, -0.05) is 42.5 Å². The topological polar surface area (TPSA) is 59.8 Å². The molecular formula is C25H20F4N4O. The van der Waals surface area contributed by atoms with Gasteiger partial charge in [0.25, 0.3) is 5.91 Å². The van der Waals surface area contributed by atoms with Crippen LogP contribution in [-0.4, -0.2) is 20.7 Å². The summed E-state index contributed by atoms with van der Waals surface area (Å²) in [5.74, 6) is -0.997. The summed E-state index contributed by atoms with van der Waals surface area (Å²) in [6, 6.07) is 15.1. The summed E-state index contributed by atoms with van der Waals surface area (Å²) in [6.07, 6.45) is -2.03. The van der Waals surface area contributed by atoms with Crippen LogP contribution in [0.3, 0.4) is 0 Å². The molecule has 0 aliphatic carbocycles. The molecule has 9 heteroatoms. The minimum Gasteiger partial charge on any atom is -0.345 e. The second kappa shape index (κ2) is 9.09. The minimum absolute atomic E-state index is 0.182. The molecule has 2 aromatic carbocycles. The first-order valence-corrected chi connectivity index (χ1v) is 10.4. The zero-order valence-corrected chi connectivity index (χ0v) is 18.3. The number of pyridine rings is 1. The normalized spacial score (nSPS) is 12.4. The molecule has 34 heavy (non-hydrogen) atoms. The van der Waals surface area contributed by atoms with Gasteiger partial charge in [-0.3, -0.25) is 9.78 Å². The first-order valence-electron chi connectivity index (χ1n) is 10.4. The van der Waals surface area contributed by atoms with Crippen molar-refractivity contribution < 1.29 is 22.4 Å². The molecule has 1 amide bonds. The SMILES string of the molecule is Cc1ccc(-n2cc(C(=O)N[C@H](C)c3ccc(C(F)(F)F)nc3)c(-c3ccccc3)n2)c(F)c1. The average Bonchev–Trinajstić information content (AvgIpc) is 3.24. The van der Waals surface area contributed by atoms with Gasteiger partial charge in [0.2, 0.25) is 0 Å². The lowest BCUT2D eigenvalue weighted by atomic mass is 10.1. The van der Waals surface area contributed by atoms with E-state index in [1.54, 1.807) is 50.2 Å². The standard InChI is InChI=1S/C25H20F4N4O/c1-15-8-10-21(20(26)12-15)33-14-19(23(32-33)17-6-4-3-5-7-17)24(34)31-16(2)18-9-11-22(30-13-18)25(27,28)29/h3-14,16H,1-2H3,(H,31,34)/t16-/m1/s1. The number of amides is 1. The highest BCUT2D eigenvalue weighted by atomic mass is 19.4. The molecule has 0 aliphatic heterocycles. The number of nitrogens with zero attached hydrogens (tertiary/aromatic N) is 3. The molecule has 1 N–H and O–H groups in total. The van der Waals surface area contributed by atoms with E-state index in [-0.39, 0.29) is 11.3 Å². The number of benzene rings is 2. The predicted molar refractivity (Wildman–Crippen MR) is 119 cm³/mol. The summed E-state index contributed by atoms with van der Waals surface area (Å²) >= 11 is 0. The van der Waals surface area contributed by atoms with Crippen molar-refractivity contribution >= 4 is 5.91 Å². The highest BCUT2D eigenvalue weighted by Crippen LogP contribution is 2.29. The number of carbonyl (C=O) groups is 1. The first kappa shape index (κ1) is 23.2. The number of halogens is 4. The van der Waals surface area contributed by atoms with Crippen LogP contribution < -0.4 is 5.32 Å². The summed E-state index contributed by atoms with van der Waals surface area (Å²) < 4.78 is 54.2. The molecule has 0 unspecified atom stereocenters. The van der Waals surface area contributed by atoms with E-state index in [1.165, 1.54) is 23.0 Å². The molecule has 2 heterocycles. The number of alkyl halides is 3. The van der Waals surface area contributed by atoms with Gasteiger partial charge in [0.15, 0.2) is 0 Å². The van der Waals surface area contributed by atoms with Crippen molar-refractivity contribution in [3.8, 4) is 16.9 Å². The van der Waals surface area contributed by atoms with Crippen molar-refractivity contribution in [1.29, 1.82) is 0 Å². The molecule has 2 aromatic heterocycles. The summed E-state index contributed by atoms with van der Waals surface area (Å²) in [5, 5.41) is 7.22. The van der Waals surface area contributed by atoms with E-state index in [4.69, 9.17) is 0 Å². The number of carbonyl (C=O) groups excluding carboxylic acids is 1. The summed E-state index contributed by atoms with van der Waals surface area (Å²) in [5.41, 5.74) is 1.51. The van der Waals surface area contributed by atoms with Crippen molar-refractivity contribution in [3.63, 3.8) is 0 Å². The number of nitrogens with one attached hydrogen (secondary N) is 1. The molecule has 4 aromatic rings. The van der Waals surface area contributed by atoms with E-state index in [0.29, 0.717) is 16.8 Å². The summed E-state index contributed by atoms with van der Waals surface area (Å²) in [4.78, 5) is 16.6. The lowest BCUT2D eigenvalue weighted by Gasteiger charge is -2.15. The molecule has 0 bridgehead atoms. The largest absolute Gasteiger partial charge is 0.433 e. The summed E-state index contributed by atoms with van der Waals surface area (Å²) in [6.45, 7) is 3.40. The van der Waals surface area contributed by atoms with E-state index < -0.39 is 29.6 Å². The second-order valence-corrected chi connectivity index (χ2v) is 7.83. The van der Waals surface area contributed by atoms with Gasteiger partial charge in [-0.15, -0.1) is 0 Å². The van der Waals surface area contributed by atoms with Crippen LogP contribution in [0.15, 0.2) is 73.1 Å². The van der Waals surface area contributed by atoms with Crippen molar-refractivity contribution in [3.05, 3.63) is 101 Å². The molecular weight excluding hydrogens is 448 g/mol. The Kier molecular flexibility index (Phi) is 6.19. The van der Waals surface area contributed by atoms with Crippen LogP contribution in [0.4, 0.5) is 17.6 Å². The number of aromatic nitrogens is 3. The van der Waals surface area contributed by atoms with E-state index in [2.05, 4.69) is 15.4 Å². The maximum Gasteiger partial charge on any atom is 0.433 e. The van der Waals surface area contributed by atoms with E-state index in [1.807, 2.05) is 6.07 Å². The van der Waals surface area contributed by atoms with Crippen molar-refractivity contribution in [2.45, 2.75) is 26.1 Å². The molecule has 0 radical (unpaired) electrons. The molecule has 0 saturated carbocycles. The first-order chi connectivity index (χ1) is 16.1. The molecule has 4 rings (SSSR count). The Balaban J connectivity index is 1.67. The van der Waals surface area contributed by atoms with Gasteiger partial charge < -0.3 is 5.32 Å². The quantitative estimate of drug-likeness (QED) is 0.372. The van der Waals surface area contributed by atoms with Crippen molar-refractivity contribution in [2.24, 2.45) is 0 Å². The summed E-state index contributed by atoms with van der Waals surface area (Å²) in [7, 11) is 0. The predicted octanol–water partition coefficient (Wildman–Crippen LogP) is 5.89. The van der Waals surface area contributed by atoms with Crippen molar-refractivity contribution in [2.75, 3.05) is 0 Å². The van der Waals surface area contributed by atoms with Crippen LogP contribution in [0.5, 0.6) is 0 Å². The van der Waals surface area contributed by atoms with Gasteiger partial charge in [0.1, 0.15) is 22.9 Å². The van der Waals surface area contributed by atoms with Gasteiger partial charge in [-0.25, -0.2) is 9.07 Å². The van der Waals surface area contributed by atoms with Gasteiger partial charge in [0.05, 0.1) is 11.6 Å². The molecule has 5 nitrogen and oxygen atoms in total. The molecule has 0 saturated heterocycles. The highest BCUT2D eigenvalue weighted by Gasteiger charge is 2.32. The maximum absolute atomic E-state index is 14.6. The molecule has 0 aliphatic rings. The van der Waals surface area contributed by atoms with Crippen molar-refractivity contribution in [1.82, 2.24) is 20.1 Å². The number of hydrogen-bond donors (Lipinski definition) is 1. The van der Waals surface area contributed by atoms with Gasteiger partial charge in [-0.2, -0.15) is 18.3 Å². The molecule has 0 fully saturated rings. The Morgan fingerprint density at radius 1 is 1.06 bits per heavy atom. The van der Waals surface area contributed by atoms with Crippen LogP contribution in [0, 0.1) is 12.7 Å². The Bertz CT molecular complexity index is 1320. The number of aryl methyl sites for hydroxylation is 1. The van der Waals surface area contributed by atoms with E-state index in [9.17, 15) is 22.4 Å². The Labute approximate surface area is 193 Å². The molecule has 174 valence electrons. The Morgan fingerprint density at radius 2 is 1.79 bits per heavy atom. The third-order valence-electron chi connectivity index (χ3n) is 5.28. The molecule has 0 spiro atoms. The van der Waals surface area contributed by atoms with Crippen LogP contribution in [0.2, 0.25) is 0 Å². The lowest BCUT2D eigenvalue weighted by Crippen LogP contribution is -2.27. The fraction of sp³-hybridized carbons (Fsp3) is 0.160. The lowest BCUT2D eigenvalue weighted by molar-refractivity contribution is -0.141. The Morgan fingerprint density at radius 3 is 2.41 bits per heavy atom. The highest BCUT2D eigenvalue weighted by molar-refractivity contribution is 6.00. The van der Waals surface area contributed by atoms with Crippen LogP contribution in [0.25, 0.3) is 16.9 Å². The zero-order valence-electron chi connectivity index (χ0n) is 18.3. The van der Waals surface area contributed by atoms with Crippen LogP contribution >= 0.6 is 0 Å². The van der Waals surface area contributed by atoms with Crippen LogP contribution in [0.1, 0.15) is 40.1 Å².